The average Bonchev–Trinajstić information content (AvgIpc) is 3.51. The Kier molecular flexibility index (Phi) is 8.82. The lowest BCUT2D eigenvalue weighted by atomic mass is 9.92. The van der Waals surface area contributed by atoms with Crippen molar-refractivity contribution in [2.24, 2.45) is 5.92 Å². The molecule has 1 atom stereocenters. The molecule has 0 bridgehead atoms. The lowest BCUT2D eigenvalue weighted by Gasteiger charge is -2.12. The molecule has 3 aromatic rings. The van der Waals surface area contributed by atoms with Gasteiger partial charge < -0.3 is 15.1 Å². The van der Waals surface area contributed by atoms with Gasteiger partial charge in [0, 0.05) is 29.5 Å². The first kappa shape index (κ1) is 25.4. The van der Waals surface area contributed by atoms with Crippen LogP contribution in [0.3, 0.4) is 0 Å². The number of hydrogen-bond donors (Lipinski definition) is 2. The maximum Gasteiger partial charge on any atom is 0.253 e. The summed E-state index contributed by atoms with van der Waals surface area (Å²) < 4.78 is 1.77. The van der Waals surface area contributed by atoms with Crippen molar-refractivity contribution in [3.63, 3.8) is 0 Å². The van der Waals surface area contributed by atoms with Crippen LogP contribution >= 0.6 is 11.3 Å². The highest BCUT2D eigenvalue weighted by Gasteiger charge is 2.16. The predicted octanol–water partition coefficient (Wildman–Crippen LogP) is 4.22. The predicted molar refractivity (Wildman–Crippen MR) is 138 cm³/mol. The highest BCUT2D eigenvalue weighted by molar-refractivity contribution is 7.14. The summed E-state index contributed by atoms with van der Waals surface area (Å²) in [5, 5.41) is 7.68. The van der Waals surface area contributed by atoms with Gasteiger partial charge >= 0.3 is 0 Å². The van der Waals surface area contributed by atoms with E-state index in [0.29, 0.717) is 17.1 Å². The third-order valence-electron chi connectivity index (χ3n) is 5.84. The van der Waals surface area contributed by atoms with Gasteiger partial charge in [0.25, 0.3) is 5.91 Å². The lowest BCUT2D eigenvalue weighted by Crippen LogP contribution is -2.32. The van der Waals surface area contributed by atoms with E-state index in [2.05, 4.69) is 22.5 Å². The maximum absolute atomic E-state index is 12.5. The summed E-state index contributed by atoms with van der Waals surface area (Å²) >= 11 is 1.32. The third-order valence-corrected chi connectivity index (χ3v) is 6.60. The summed E-state index contributed by atoms with van der Waals surface area (Å²) in [5.74, 6) is -0.380. The fourth-order valence-corrected chi connectivity index (χ4v) is 4.22. The first-order valence-corrected chi connectivity index (χ1v) is 12.4. The zero-order valence-electron chi connectivity index (χ0n) is 20.1. The second-order valence-electron chi connectivity index (χ2n) is 8.16. The van der Waals surface area contributed by atoms with Crippen LogP contribution in [0.25, 0.3) is 11.3 Å². The summed E-state index contributed by atoms with van der Waals surface area (Å²) in [6, 6.07) is 7.76. The van der Waals surface area contributed by atoms with Crippen LogP contribution in [0, 0.1) is 5.92 Å². The first-order chi connectivity index (χ1) is 16.3. The summed E-state index contributed by atoms with van der Waals surface area (Å²) in [4.78, 5) is 41.5. The molecule has 0 aliphatic carbocycles. The van der Waals surface area contributed by atoms with Crippen molar-refractivity contribution in [1.82, 2.24) is 14.8 Å². The fourth-order valence-electron chi connectivity index (χ4n) is 3.48. The molecule has 177 valence electrons. The molecule has 2 heterocycles. The van der Waals surface area contributed by atoms with Crippen LogP contribution in [0.15, 0.2) is 42.0 Å². The van der Waals surface area contributed by atoms with E-state index < -0.39 is 0 Å². The van der Waals surface area contributed by atoms with Gasteiger partial charge in [-0.25, -0.2) is 4.98 Å². The van der Waals surface area contributed by atoms with Gasteiger partial charge in [0.05, 0.1) is 17.8 Å². The number of carbonyl (C=O) groups is 3. The molecule has 7 nitrogen and oxygen atoms in total. The van der Waals surface area contributed by atoms with E-state index in [0.717, 1.165) is 35.2 Å². The van der Waals surface area contributed by atoms with E-state index in [1.54, 1.807) is 22.9 Å². The second-order valence-corrected chi connectivity index (χ2v) is 9.02. The van der Waals surface area contributed by atoms with E-state index in [4.69, 9.17) is 0 Å². The van der Waals surface area contributed by atoms with Gasteiger partial charge in [0.1, 0.15) is 5.78 Å². The van der Waals surface area contributed by atoms with Gasteiger partial charge in [-0.3, -0.25) is 14.4 Å². The molecule has 1 radical (unpaired) electrons. The van der Waals surface area contributed by atoms with E-state index >= 15 is 0 Å². The minimum Gasteiger partial charge on any atom is -0.402 e. The lowest BCUT2D eigenvalue weighted by molar-refractivity contribution is -0.121. The molecular formula is C25H30BN4O3S. The smallest absolute Gasteiger partial charge is 0.253 e. The molecule has 3 rings (SSSR count). The number of anilines is 1. The molecule has 0 aliphatic heterocycles. The van der Waals surface area contributed by atoms with Crippen LogP contribution in [0.1, 0.15) is 48.7 Å². The Balaban J connectivity index is 1.62. The number of thiazole rings is 1. The van der Waals surface area contributed by atoms with Crippen molar-refractivity contribution in [3.05, 3.63) is 58.7 Å². The van der Waals surface area contributed by atoms with Gasteiger partial charge in [-0.05, 0) is 42.3 Å². The van der Waals surface area contributed by atoms with Crippen LogP contribution in [-0.2, 0) is 22.4 Å². The van der Waals surface area contributed by atoms with E-state index in [-0.39, 0.29) is 30.1 Å². The molecule has 0 spiro atoms. The monoisotopic (exact) mass is 477 g/mol. The maximum atomic E-state index is 12.5. The number of benzene rings is 1. The highest BCUT2D eigenvalue weighted by Crippen LogP contribution is 2.27. The van der Waals surface area contributed by atoms with Gasteiger partial charge in [-0.2, -0.15) is 0 Å². The number of nitrogens with one attached hydrogen (secondary N) is 2. The van der Waals surface area contributed by atoms with E-state index in [1.165, 1.54) is 11.3 Å². The highest BCUT2D eigenvalue weighted by atomic mass is 32.1. The summed E-state index contributed by atoms with van der Waals surface area (Å²) in [5.41, 5.74) is 4.32. The van der Waals surface area contributed by atoms with Crippen molar-refractivity contribution >= 4 is 41.5 Å². The third kappa shape index (κ3) is 6.44. The number of nitrogens with zero attached hydrogens (tertiary/aromatic N) is 2. The molecule has 0 fully saturated rings. The Morgan fingerprint density at radius 3 is 2.65 bits per heavy atom. The standard InChI is InChI=1S/C25H30BN4O3S/c1-5-16(3)22(31)12-20-11-18(8-7-17(20)6-2)21-15-34-25(28-21)29-23(32)13-27-24(33)19-9-10-30(14-19)26-4/h7-11,14-16H,5-6,12-13H2,1-4H3,(H,27,33)(H,28,29,32). The van der Waals surface area contributed by atoms with E-state index in [1.807, 2.05) is 51.7 Å². The number of Topliss-reactive ketones (excluding diaryl/α,β-unsaturated/α-hetero) is 1. The molecule has 2 aromatic heterocycles. The number of aryl methyl sites for hydroxylation is 1. The zero-order chi connectivity index (χ0) is 24.7. The Morgan fingerprint density at radius 1 is 1.18 bits per heavy atom. The molecule has 2 N–H and O–H groups in total. The number of ketones is 1. The summed E-state index contributed by atoms with van der Waals surface area (Å²) in [7, 11) is 1.83. The summed E-state index contributed by atoms with van der Waals surface area (Å²) in [6.45, 7) is 7.79. The van der Waals surface area contributed by atoms with Crippen molar-refractivity contribution in [1.29, 1.82) is 0 Å². The average molecular weight is 477 g/mol. The normalized spacial score (nSPS) is 11.6. The number of carbonyl (C=O) groups excluding carboxylic acids is 3. The molecule has 2 amide bonds. The van der Waals surface area contributed by atoms with Crippen molar-refractivity contribution in [2.45, 2.75) is 46.9 Å². The van der Waals surface area contributed by atoms with Crippen molar-refractivity contribution in [3.8, 4) is 11.3 Å². The van der Waals surface area contributed by atoms with Gasteiger partial charge in [-0.15, -0.1) is 11.3 Å². The van der Waals surface area contributed by atoms with Crippen molar-refractivity contribution in [2.75, 3.05) is 11.9 Å². The van der Waals surface area contributed by atoms with Gasteiger partial charge in [-0.1, -0.05) is 39.7 Å². The molecule has 0 saturated heterocycles. The van der Waals surface area contributed by atoms with Gasteiger partial charge in [0.15, 0.2) is 5.13 Å². The molecule has 34 heavy (non-hydrogen) atoms. The number of hydrogen-bond acceptors (Lipinski definition) is 5. The van der Waals surface area contributed by atoms with Crippen LogP contribution in [0.2, 0.25) is 6.82 Å². The molecular weight excluding hydrogens is 447 g/mol. The molecule has 1 aromatic carbocycles. The summed E-state index contributed by atoms with van der Waals surface area (Å²) in [6.07, 6.45) is 5.56. The number of rotatable bonds is 11. The van der Waals surface area contributed by atoms with Crippen LogP contribution < -0.4 is 10.6 Å². The minimum absolute atomic E-state index is 0.0415. The molecule has 0 saturated carbocycles. The Morgan fingerprint density at radius 2 is 1.97 bits per heavy atom. The van der Waals surface area contributed by atoms with Crippen LogP contribution in [0.4, 0.5) is 5.13 Å². The largest absolute Gasteiger partial charge is 0.402 e. The Labute approximate surface area is 205 Å². The Bertz CT molecular complexity index is 1170. The Hall–Kier alpha value is -3.20. The molecule has 0 aliphatic rings. The quantitative estimate of drug-likeness (QED) is 0.405. The molecule has 1 unspecified atom stereocenters. The second kappa shape index (κ2) is 11.8. The SMILES string of the molecule is C[B]n1ccc(C(=O)NCC(=O)Nc2nc(-c3ccc(CC)c(CC(=O)C(C)CC)c3)cs2)c1. The fraction of sp³-hybridized carbons (Fsp3) is 0.360. The topological polar surface area (TPSA) is 93.1 Å². The van der Waals surface area contributed by atoms with Crippen LogP contribution in [0.5, 0.6) is 0 Å². The van der Waals surface area contributed by atoms with Crippen LogP contribution in [-0.4, -0.2) is 41.0 Å². The number of aromatic nitrogens is 2. The first-order valence-electron chi connectivity index (χ1n) is 11.5. The zero-order valence-corrected chi connectivity index (χ0v) is 20.9. The van der Waals surface area contributed by atoms with Gasteiger partial charge in [0.2, 0.25) is 13.3 Å². The molecule has 9 heteroatoms. The van der Waals surface area contributed by atoms with E-state index in [9.17, 15) is 14.4 Å². The minimum atomic E-state index is -0.350. The van der Waals surface area contributed by atoms with Crippen molar-refractivity contribution < 1.29 is 14.4 Å². The number of amides is 2.